The molecule has 112 valence electrons. The molecule has 0 saturated heterocycles. The summed E-state index contributed by atoms with van der Waals surface area (Å²) in [6, 6.07) is 7.93. The van der Waals surface area contributed by atoms with E-state index in [2.05, 4.69) is 17.9 Å². The Hall–Kier alpha value is -1.72. The molecule has 0 unspecified atom stereocenters. The fourth-order valence-corrected chi connectivity index (χ4v) is 2.40. The lowest BCUT2D eigenvalue weighted by Crippen LogP contribution is -2.29. The lowest BCUT2D eigenvalue weighted by molar-refractivity contribution is -0.117. The van der Waals surface area contributed by atoms with Gasteiger partial charge in [0.15, 0.2) is 0 Å². The van der Waals surface area contributed by atoms with Gasteiger partial charge in [-0.2, -0.15) is 0 Å². The molecule has 5 heteroatoms. The van der Waals surface area contributed by atoms with E-state index in [1.54, 1.807) is 5.41 Å². The molecule has 0 aliphatic heterocycles. The van der Waals surface area contributed by atoms with Crippen molar-refractivity contribution in [2.75, 3.05) is 0 Å². The van der Waals surface area contributed by atoms with E-state index in [4.69, 9.17) is 11.5 Å². The maximum atomic E-state index is 12.0. The molecule has 2 rings (SSSR count). The quantitative estimate of drug-likeness (QED) is 0.642. The third-order valence-corrected chi connectivity index (χ3v) is 3.90. The fraction of sp³-hybridized carbons (Fsp3) is 0.312. The molecule has 1 atom stereocenters. The van der Waals surface area contributed by atoms with Gasteiger partial charge in [0.25, 0.3) is 0 Å². The maximum Gasteiger partial charge on any atom is 0.247 e. The van der Waals surface area contributed by atoms with Crippen molar-refractivity contribution in [1.29, 1.82) is 0 Å². The largest absolute Gasteiger partial charge is 0.398 e. The summed E-state index contributed by atoms with van der Waals surface area (Å²) in [5.41, 5.74) is 15.0. The lowest BCUT2D eigenvalue weighted by atomic mass is 9.95. The van der Waals surface area contributed by atoms with E-state index in [9.17, 15) is 4.79 Å². The average Bonchev–Trinajstić information content (AvgIpc) is 2.53. The highest BCUT2D eigenvalue weighted by molar-refractivity contribution is 7.83. The summed E-state index contributed by atoms with van der Waals surface area (Å²) in [7, 11) is 0. The summed E-state index contributed by atoms with van der Waals surface area (Å²) in [4.78, 5) is 12.0. The van der Waals surface area contributed by atoms with Crippen LogP contribution in [0.1, 0.15) is 30.4 Å². The number of nitrogens with two attached hydrogens (primary N) is 2. The van der Waals surface area contributed by atoms with Crippen molar-refractivity contribution in [2.24, 2.45) is 11.5 Å². The molecule has 0 spiro atoms. The number of rotatable bonds is 4. The van der Waals surface area contributed by atoms with Gasteiger partial charge in [0.1, 0.15) is 0 Å². The highest BCUT2D eigenvalue weighted by Crippen LogP contribution is 2.17. The van der Waals surface area contributed by atoms with E-state index < -0.39 is 0 Å². The van der Waals surface area contributed by atoms with Gasteiger partial charge in [0, 0.05) is 23.9 Å². The average molecular weight is 303 g/mol. The smallest absolute Gasteiger partial charge is 0.247 e. The predicted octanol–water partition coefficient (Wildman–Crippen LogP) is 1.93. The van der Waals surface area contributed by atoms with Crippen molar-refractivity contribution >= 4 is 24.2 Å². The lowest BCUT2D eigenvalue weighted by Gasteiger charge is -2.17. The Kier molecular flexibility index (Phi) is 5.47. The Morgan fingerprint density at radius 2 is 2.10 bits per heavy atom. The highest BCUT2D eigenvalue weighted by atomic mass is 32.1. The first-order valence-electron chi connectivity index (χ1n) is 7.02. The van der Waals surface area contributed by atoms with Crippen molar-refractivity contribution in [3.8, 4) is 0 Å². The third kappa shape index (κ3) is 4.37. The first-order chi connectivity index (χ1) is 10.1. The topological polar surface area (TPSA) is 81.1 Å². The summed E-state index contributed by atoms with van der Waals surface area (Å²) in [6.45, 7) is 0.507. The van der Waals surface area contributed by atoms with Gasteiger partial charge in [-0.15, -0.1) is 12.6 Å². The molecule has 0 radical (unpaired) electrons. The van der Waals surface area contributed by atoms with Crippen LogP contribution in [0.5, 0.6) is 0 Å². The fourth-order valence-electron chi connectivity index (χ4n) is 2.25. The zero-order chi connectivity index (χ0) is 15.2. The number of nitrogens with one attached hydrogen (secondary N) is 1. The Morgan fingerprint density at radius 3 is 2.67 bits per heavy atom. The van der Waals surface area contributed by atoms with Gasteiger partial charge in [-0.1, -0.05) is 30.3 Å². The van der Waals surface area contributed by atoms with Crippen LogP contribution in [0.15, 0.2) is 41.3 Å². The highest BCUT2D eigenvalue weighted by Gasteiger charge is 2.15. The zero-order valence-electron chi connectivity index (χ0n) is 11.9. The molecule has 21 heavy (non-hydrogen) atoms. The van der Waals surface area contributed by atoms with Crippen LogP contribution in [0.3, 0.4) is 0 Å². The van der Waals surface area contributed by atoms with Crippen LogP contribution in [-0.2, 0) is 11.3 Å². The summed E-state index contributed by atoms with van der Waals surface area (Å²) < 4.78 is 0. The minimum atomic E-state index is 0.000689. The second kappa shape index (κ2) is 7.33. The minimum Gasteiger partial charge on any atom is -0.398 e. The van der Waals surface area contributed by atoms with Crippen LogP contribution in [0, 0.1) is 0 Å². The second-order valence-corrected chi connectivity index (χ2v) is 5.49. The Bertz CT molecular complexity index is 563. The van der Waals surface area contributed by atoms with E-state index in [1.165, 1.54) is 0 Å². The van der Waals surface area contributed by atoms with Crippen molar-refractivity contribution < 1.29 is 4.79 Å². The number of benzene rings is 1. The van der Waals surface area contributed by atoms with Crippen molar-refractivity contribution in [3.63, 3.8) is 0 Å². The number of thiol groups is 1. The third-order valence-electron chi connectivity index (χ3n) is 3.62. The molecule has 0 saturated carbocycles. The van der Waals surface area contributed by atoms with Gasteiger partial charge in [0.05, 0.1) is 0 Å². The summed E-state index contributed by atoms with van der Waals surface area (Å²) >= 11 is 4.03. The SMILES string of the molecule is N/C(=C\S)c1ccc(CNC(=O)C2=CC[C@@H](N)CC2)cc1. The van der Waals surface area contributed by atoms with Crippen LogP contribution >= 0.6 is 12.6 Å². The predicted molar refractivity (Wildman–Crippen MR) is 89.3 cm³/mol. The number of carbonyl (C=O) groups is 1. The molecule has 1 aliphatic carbocycles. The van der Waals surface area contributed by atoms with Crippen LogP contribution in [0.2, 0.25) is 0 Å². The van der Waals surface area contributed by atoms with Gasteiger partial charge in [-0.05, 0) is 35.8 Å². The Labute approximate surface area is 130 Å². The molecular weight excluding hydrogens is 282 g/mol. The summed E-state index contributed by atoms with van der Waals surface area (Å²) in [5, 5.41) is 4.50. The Balaban J connectivity index is 1.89. The van der Waals surface area contributed by atoms with Crippen LogP contribution in [-0.4, -0.2) is 11.9 Å². The Morgan fingerprint density at radius 1 is 1.38 bits per heavy atom. The number of hydrogen-bond acceptors (Lipinski definition) is 4. The molecule has 1 amide bonds. The van der Waals surface area contributed by atoms with E-state index in [1.807, 2.05) is 30.3 Å². The van der Waals surface area contributed by atoms with E-state index >= 15 is 0 Å². The van der Waals surface area contributed by atoms with Crippen molar-refractivity contribution in [3.05, 3.63) is 52.4 Å². The van der Waals surface area contributed by atoms with E-state index in [0.29, 0.717) is 12.2 Å². The second-order valence-electron chi connectivity index (χ2n) is 5.23. The molecule has 0 aromatic heterocycles. The molecule has 0 heterocycles. The first kappa shape index (κ1) is 15.7. The zero-order valence-corrected chi connectivity index (χ0v) is 12.8. The normalized spacial score (nSPS) is 19.0. The number of hydrogen-bond donors (Lipinski definition) is 4. The van der Waals surface area contributed by atoms with Crippen LogP contribution < -0.4 is 16.8 Å². The van der Waals surface area contributed by atoms with Gasteiger partial charge in [-0.3, -0.25) is 4.79 Å². The summed E-state index contributed by atoms with van der Waals surface area (Å²) in [6.07, 6.45) is 4.37. The summed E-state index contributed by atoms with van der Waals surface area (Å²) in [5.74, 6) is 0.000689. The van der Waals surface area contributed by atoms with Crippen LogP contribution in [0.25, 0.3) is 5.70 Å². The molecule has 0 bridgehead atoms. The maximum absolute atomic E-state index is 12.0. The molecule has 1 aromatic carbocycles. The van der Waals surface area contributed by atoms with Crippen LogP contribution in [0.4, 0.5) is 0 Å². The van der Waals surface area contributed by atoms with E-state index in [0.717, 1.165) is 36.0 Å². The van der Waals surface area contributed by atoms with Gasteiger partial charge >= 0.3 is 0 Å². The van der Waals surface area contributed by atoms with Gasteiger partial charge in [-0.25, -0.2) is 0 Å². The molecular formula is C16H21N3OS. The van der Waals surface area contributed by atoms with Crippen molar-refractivity contribution in [1.82, 2.24) is 5.32 Å². The van der Waals surface area contributed by atoms with Gasteiger partial charge in [0.2, 0.25) is 5.91 Å². The molecule has 1 aromatic rings. The molecule has 0 fully saturated rings. The minimum absolute atomic E-state index is 0.000689. The molecule has 4 nitrogen and oxygen atoms in total. The first-order valence-corrected chi connectivity index (χ1v) is 7.53. The molecule has 1 aliphatic rings. The van der Waals surface area contributed by atoms with Crippen molar-refractivity contribution in [2.45, 2.75) is 31.8 Å². The monoisotopic (exact) mass is 303 g/mol. The number of amides is 1. The van der Waals surface area contributed by atoms with E-state index in [-0.39, 0.29) is 11.9 Å². The molecule has 5 N–H and O–H groups in total. The number of carbonyl (C=O) groups excluding carboxylic acids is 1. The van der Waals surface area contributed by atoms with Gasteiger partial charge < -0.3 is 16.8 Å². The standard InChI is InChI=1S/C16H21N3OS/c17-14-7-5-13(6-8-14)16(20)19-9-11-1-3-12(4-2-11)15(18)10-21/h1-5,10,14,21H,6-9,17-18H2,(H,19,20)/b15-10-/t14-/m1/s1.